The number of likely N-dealkylation sites (N-methyl/N-ethyl adjacent to an activating group) is 1. The van der Waals surface area contributed by atoms with E-state index >= 15 is 0 Å². The fourth-order valence-corrected chi connectivity index (χ4v) is 7.48. The number of Topliss-reactive ketones (excluding diaryl/α,β-unsaturated/α-hetero) is 4. The summed E-state index contributed by atoms with van der Waals surface area (Å²) in [4.78, 5) is 70.3. The fraction of sp³-hybridized carbons (Fsp3) is 0.607. The third kappa shape index (κ3) is 3.84. The Morgan fingerprint density at radius 3 is 2.33 bits per heavy atom. The highest BCUT2D eigenvalue weighted by Crippen LogP contribution is 2.55. The quantitative estimate of drug-likeness (QED) is 0.224. The number of rotatable bonds is 4. The largest absolute Gasteiger partial charge is 0.505 e. The zero-order valence-electron chi connectivity index (χ0n) is 23.0. The molecule has 0 aromatic heterocycles. The van der Waals surface area contributed by atoms with Gasteiger partial charge in [0.25, 0.3) is 0 Å². The number of ketones is 4. The first-order chi connectivity index (χ1) is 18.7. The minimum atomic E-state index is -3.00. The van der Waals surface area contributed by atoms with Crippen LogP contribution in [0, 0.1) is 23.7 Å². The second kappa shape index (κ2) is 9.72. The lowest BCUT2D eigenvalue weighted by Crippen LogP contribution is -2.77. The van der Waals surface area contributed by atoms with Crippen molar-refractivity contribution in [2.24, 2.45) is 29.4 Å². The first kappa shape index (κ1) is 28.3. The first-order valence-electron chi connectivity index (χ1n) is 13.6. The Bertz CT molecular complexity index is 1310. The molecule has 12 nitrogen and oxygen atoms in total. The van der Waals surface area contributed by atoms with Gasteiger partial charge in [-0.05, 0) is 64.6 Å². The molecule has 1 saturated heterocycles. The summed E-state index contributed by atoms with van der Waals surface area (Å²) in [7, 11) is 4.94. The highest BCUT2D eigenvalue weighted by molar-refractivity contribution is 6.32. The van der Waals surface area contributed by atoms with Crippen LogP contribution in [0.1, 0.15) is 41.6 Å². The Hall–Kier alpha value is -3.19. The van der Waals surface area contributed by atoms with Gasteiger partial charge >= 0.3 is 0 Å². The lowest BCUT2D eigenvalue weighted by atomic mass is 9.49. The number of nitrogens with one attached hydrogen (secondary N) is 1. The number of aliphatic hydroxyl groups excluding tert-OH is 1. The summed E-state index contributed by atoms with van der Waals surface area (Å²) in [5.74, 6) is -13.2. The summed E-state index contributed by atoms with van der Waals surface area (Å²) in [6.07, 6.45) is 0.0136. The summed E-state index contributed by atoms with van der Waals surface area (Å²) in [5.41, 5.74) is 2.98. The van der Waals surface area contributed by atoms with E-state index in [1.807, 2.05) is 7.05 Å². The molecule has 2 saturated carbocycles. The van der Waals surface area contributed by atoms with Crippen LogP contribution in [0.5, 0.6) is 5.75 Å². The minimum Gasteiger partial charge on any atom is -0.505 e. The molecule has 4 aliphatic rings. The topological polar surface area (TPSA) is 191 Å². The number of carbonyl (C=O) groups excluding carboxylic acids is 5. The van der Waals surface area contributed by atoms with Gasteiger partial charge in [0.2, 0.25) is 5.91 Å². The van der Waals surface area contributed by atoms with Crippen LogP contribution < -0.4 is 11.1 Å². The molecule has 1 amide bonds. The van der Waals surface area contributed by atoms with Crippen LogP contribution in [0.2, 0.25) is 0 Å². The normalized spacial score (nSPS) is 36.7. The van der Waals surface area contributed by atoms with Crippen molar-refractivity contribution >= 4 is 34.7 Å². The number of benzene rings is 1. The molecule has 40 heavy (non-hydrogen) atoms. The average Bonchev–Trinajstić information content (AvgIpc) is 2.88. The number of likely N-dealkylation sites (tertiary alicyclic amines) is 1. The molecule has 0 radical (unpaired) electrons. The van der Waals surface area contributed by atoms with Gasteiger partial charge in [-0.2, -0.15) is 0 Å². The summed E-state index contributed by atoms with van der Waals surface area (Å²) < 4.78 is 0. The number of nitrogens with two attached hydrogens (primary N) is 1. The Kier molecular flexibility index (Phi) is 6.89. The average molecular weight is 557 g/mol. The highest BCUT2D eigenvalue weighted by atomic mass is 16.3. The molecule has 0 spiro atoms. The number of hydrogen-bond donors (Lipinski definition) is 5. The van der Waals surface area contributed by atoms with Crippen LogP contribution in [0.25, 0.3) is 0 Å². The molecule has 8 atom stereocenters. The van der Waals surface area contributed by atoms with Gasteiger partial charge in [-0.3, -0.25) is 28.9 Å². The number of amides is 1. The maximum absolute atomic E-state index is 14.0. The van der Waals surface area contributed by atoms with Gasteiger partial charge in [-0.25, -0.2) is 0 Å². The Labute approximate surface area is 231 Å². The number of anilines is 1. The van der Waals surface area contributed by atoms with Crippen LogP contribution in [0.4, 0.5) is 5.69 Å². The van der Waals surface area contributed by atoms with Crippen LogP contribution >= 0.6 is 0 Å². The van der Waals surface area contributed by atoms with Gasteiger partial charge in [-0.1, -0.05) is 13.0 Å². The van der Waals surface area contributed by atoms with Gasteiger partial charge in [-0.15, -0.1) is 0 Å². The molecule has 1 heterocycles. The zero-order valence-corrected chi connectivity index (χ0v) is 23.0. The summed E-state index contributed by atoms with van der Waals surface area (Å²) in [5, 5.41) is 37.9. The van der Waals surface area contributed by atoms with Crippen LogP contribution in [0.15, 0.2) is 12.1 Å². The van der Waals surface area contributed by atoms with Gasteiger partial charge in [0.15, 0.2) is 34.7 Å². The molecule has 1 aromatic carbocycles. The summed E-state index contributed by atoms with van der Waals surface area (Å²) in [6, 6.07) is 2.01. The van der Waals surface area contributed by atoms with Crippen molar-refractivity contribution < 1.29 is 39.3 Å². The van der Waals surface area contributed by atoms with Gasteiger partial charge in [0, 0.05) is 12.0 Å². The summed E-state index contributed by atoms with van der Waals surface area (Å²) in [6.45, 7) is 3.43. The molecule has 3 aliphatic carbocycles. The van der Waals surface area contributed by atoms with Crippen LogP contribution in [-0.2, 0) is 19.2 Å². The predicted octanol–water partition coefficient (Wildman–Crippen LogP) is -1.10. The van der Waals surface area contributed by atoms with E-state index in [4.69, 9.17) is 5.73 Å². The van der Waals surface area contributed by atoms with E-state index in [0.29, 0.717) is 11.3 Å². The molecule has 6 N–H and O–H groups in total. The number of phenols is 1. The second-order valence-corrected chi connectivity index (χ2v) is 12.0. The SMILES string of the molecule is CC1c2ccc(NC3CCN(C)CC3)c(O)c2C(=O)C2C(=O)C3(O)C(=O)C(C(N)=O)C(=O)C(N(C)C)C3C(O)C21. The molecule has 3 fully saturated rings. The van der Waals surface area contributed by atoms with E-state index in [2.05, 4.69) is 10.2 Å². The predicted molar refractivity (Wildman–Crippen MR) is 142 cm³/mol. The van der Waals surface area contributed by atoms with Crippen LogP contribution in [-0.4, -0.2) is 112 Å². The Morgan fingerprint density at radius 2 is 1.75 bits per heavy atom. The number of piperidine rings is 1. The molecule has 12 heteroatoms. The number of hydrogen-bond acceptors (Lipinski definition) is 11. The zero-order chi connectivity index (χ0) is 29.4. The highest BCUT2D eigenvalue weighted by Gasteiger charge is 2.72. The van der Waals surface area contributed by atoms with Crippen molar-refractivity contribution in [2.75, 3.05) is 39.5 Å². The third-order valence-electron chi connectivity index (χ3n) is 9.57. The third-order valence-corrected chi connectivity index (χ3v) is 9.57. The number of aliphatic hydroxyl groups is 2. The maximum Gasteiger partial charge on any atom is 0.235 e. The molecular weight excluding hydrogens is 520 g/mol. The van der Waals surface area contributed by atoms with Crippen LogP contribution in [0.3, 0.4) is 0 Å². The molecule has 8 unspecified atom stereocenters. The molecular formula is C28H36N4O8. The van der Waals surface area contributed by atoms with Crippen molar-refractivity contribution in [3.63, 3.8) is 0 Å². The molecule has 1 aromatic rings. The van der Waals surface area contributed by atoms with Crippen molar-refractivity contribution in [2.45, 2.75) is 49.5 Å². The standard InChI is InChI=1S/C28H36N4O8/c1-11-13-5-6-14(30-12-7-9-32(4)10-8-12)21(33)16(13)22(34)17-15(11)23(35)19-20(31(2)3)24(36)18(27(29)39)26(38)28(19,40)25(17)37/h5-6,11-12,15,17-20,23,30,33,35,40H,7-10H2,1-4H3,(H2,29,39). The van der Waals surface area contributed by atoms with Gasteiger partial charge in [0.05, 0.1) is 35.2 Å². The van der Waals surface area contributed by atoms with Crippen molar-refractivity contribution in [3.8, 4) is 5.75 Å². The number of primary amides is 1. The monoisotopic (exact) mass is 556 g/mol. The van der Waals surface area contributed by atoms with Crippen molar-refractivity contribution in [3.05, 3.63) is 23.3 Å². The smallest absolute Gasteiger partial charge is 0.235 e. The van der Waals surface area contributed by atoms with E-state index in [-0.39, 0.29) is 17.4 Å². The second-order valence-electron chi connectivity index (χ2n) is 12.0. The lowest BCUT2D eigenvalue weighted by Gasteiger charge is -2.56. The van der Waals surface area contributed by atoms with E-state index in [0.717, 1.165) is 25.9 Å². The van der Waals surface area contributed by atoms with Crippen molar-refractivity contribution in [1.82, 2.24) is 9.80 Å². The molecule has 216 valence electrons. The lowest BCUT2D eigenvalue weighted by molar-refractivity contribution is -0.196. The molecule has 0 bridgehead atoms. The molecule has 5 rings (SSSR count). The number of aromatic hydroxyl groups is 1. The van der Waals surface area contributed by atoms with Crippen molar-refractivity contribution in [1.29, 1.82) is 0 Å². The Morgan fingerprint density at radius 1 is 1.12 bits per heavy atom. The van der Waals surface area contributed by atoms with E-state index in [1.54, 1.807) is 19.1 Å². The number of nitrogens with zero attached hydrogens (tertiary/aromatic N) is 2. The van der Waals surface area contributed by atoms with E-state index in [1.165, 1.54) is 19.0 Å². The number of phenolic OH excluding ortho intramolecular Hbond substituents is 1. The fourth-order valence-electron chi connectivity index (χ4n) is 7.48. The van der Waals surface area contributed by atoms with E-state index in [9.17, 15) is 39.3 Å². The first-order valence-corrected chi connectivity index (χ1v) is 13.6. The number of fused-ring (bicyclic) bond motifs is 3. The van der Waals surface area contributed by atoms with Gasteiger partial charge in [0.1, 0.15) is 5.75 Å². The van der Waals surface area contributed by atoms with E-state index < -0.39 is 76.4 Å². The maximum atomic E-state index is 14.0. The number of carbonyl (C=O) groups is 5. The summed E-state index contributed by atoms with van der Waals surface area (Å²) >= 11 is 0. The molecule has 1 aliphatic heterocycles. The minimum absolute atomic E-state index is 0.0646. The Balaban J connectivity index is 1.59. The van der Waals surface area contributed by atoms with Gasteiger partial charge < -0.3 is 31.3 Å².